The van der Waals surface area contributed by atoms with Crippen LogP contribution in [0.4, 0.5) is 0 Å². The SMILES string of the molecule is Cc1cc(C(=O)N(C)C(C)c2ccccc2)on1. The zero-order valence-electron chi connectivity index (χ0n) is 10.8. The maximum atomic E-state index is 12.2. The standard InChI is InChI=1S/C14H16N2O2/c1-10-9-13(18-15-10)14(17)16(3)11(2)12-7-5-4-6-8-12/h4-9,11H,1-3H3. The van der Waals surface area contributed by atoms with Gasteiger partial charge < -0.3 is 9.42 Å². The third-order valence-electron chi connectivity index (χ3n) is 3.02. The van der Waals surface area contributed by atoms with Crippen LogP contribution in [0.15, 0.2) is 40.9 Å². The van der Waals surface area contributed by atoms with Crippen LogP contribution in [0.25, 0.3) is 0 Å². The average Bonchev–Trinajstić information content (AvgIpc) is 2.84. The summed E-state index contributed by atoms with van der Waals surface area (Å²) in [4.78, 5) is 13.8. The van der Waals surface area contributed by atoms with Crippen LogP contribution in [0.5, 0.6) is 0 Å². The van der Waals surface area contributed by atoms with E-state index in [1.54, 1.807) is 24.9 Å². The third-order valence-corrected chi connectivity index (χ3v) is 3.02. The van der Waals surface area contributed by atoms with E-state index < -0.39 is 0 Å². The molecule has 4 heteroatoms. The van der Waals surface area contributed by atoms with Gasteiger partial charge >= 0.3 is 0 Å². The molecule has 1 atom stereocenters. The topological polar surface area (TPSA) is 46.3 Å². The van der Waals surface area contributed by atoms with E-state index in [0.717, 1.165) is 5.56 Å². The van der Waals surface area contributed by atoms with E-state index in [-0.39, 0.29) is 17.7 Å². The van der Waals surface area contributed by atoms with Crippen LogP contribution < -0.4 is 0 Å². The molecule has 4 nitrogen and oxygen atoms in total. The number of aromatic nitrogens is 1. The lowest BCUT2D eigenvalue weighted by Gasteiger charge is -2.24. The van der Waals surface area contributed by atoms with Crippen molar-refractivity contribution in [3.8, 4) is 0 Å². The second kappa shape index (κ2) is 5.04. The van der Waals surface area contributed by atoms with Crippen molar-refractivity contribution < 1.29 is 9.32 Å². The lowest BCUT2D eigenvalue weighted by atomic mass is 10.1. The monoisotopic (exact) mass is 244 g/mol. The summed E-state index contributed by atoms with van der Waals surface area (Å²) in [6, 6.07) is 11.5. The van der Waals surface area contributed by atoms with Crippen LogP contribution in [0.1, 0.15) is 34.8 Å². The van der Waals surface area contributed by atoms with Crippen LogP contribution in [0.3, 0.4) is 0 Å². The molecule has 0 aliphatic carbocycles. The number of aryl methyl sites for hydroxylation is 1. The van der Waals surface area contributed by atoms with Gasteiger partial charge in [-0.1, -0.05) is 35.5 Å². The normalized spacial score (nSPS) is 12.2. The van der Waals surface area contributed by atoms with Crippen molar-refractivity contribution in [1.82, 2.24) is 10.1 Å². The smallest absolute Gasteiger partial charge is 0.292 e. The van der Waals surface area contributed by atoms with E-state index >= 15 is 0 Å². The molecule has 0 saturated heterocycles. The van der Waals surface area contributed by atoms with Crippen LogP contribution in [0, 0.1) is 6.92 Å². The lowest BCUT2D eigenvalue weighted by molar-refractivity contribution is 0.0700. The molecular weight excluding hydrogens is 228 g/mol. The van der Waals surface area contributed by atoms with E-state index in [0.29, 0.717) is 5.69 Å². The minimum absolute atomic E-state index is 0.0101. The van der Waals surface area contributed by atoms with E-state index in [1.807, 2.05) is 37.3 Å². The molecule has 0 aliphatic rings. The molecule has 1 amide bonds. The molecule has 1 aromatic heterocycles. The molecular formula is C14H16N2O2. The summed E-state index contributed by atoms with van der Waals surface area (Å²) in [5.41, 5.74) is 1.80. The highest BCUT2D eigenvalue weighted by Gasteiger charge is 2.21. The summed E-state index contributed by atoms with van der Waals surface area (Å²) in [7, 11) is 1.76. The molecule has 0 radical (unpaired) electrons. The van der Waals surface area contributed by atoms with Crippen molar-refractivity contribution in [2.75, 3.05) is 7.05 Å². The van der Waals surface area contributed by atoms with E-state index in [9.17, 15) is 4.79 Å². The number of rotatable bonds is 3. The first-order valence-electron chi connectivity index (χ1n) is 5.85. The van der Waals surface area contributed by atoms with E-state index in [2.05, 4.69) is 5.16 Å². The summed E-state index contributed by atoms with van der Waals surface area (Å²) < 4.78 is 4.99. The van der Waals surface area contributed by atoms with Gasteiger partial charge in [-0.2, -0.15) is 0 Å². The fourth-order valence-corrected chi connectivity index (χ4v) is 1.77. The number of hydrogen-bond donors (Lipinski definition) is 0. The largest absolute Gasteiger partial charge is 0.351 e. The molecule has 1 heterocycles. The second-order valence-electron chi connectivity index (χ2n) is 4.34. The predicted octanol–water partition coefficient (Wildman–Crippen LogP) is 2.82. The summed E-state index contributed by atoms with van der Waals surface area (Å²) >= 11 is 0. The Labute approximate surface area is 106 Å². The molecule has 0 N–H and O–H groups in total. The van der Waals surface area contributed by atoms with E-state index in [1.165, 1.54) is 0 Å². The Balaban J connectivity index is 2.16. The fourth-order valence-electron chi connectivity index (χ4n) is 1.77. The molecule has 2 rings (SSSR count). The highest BCUT2D eigenvalue weighted by molar-refractivity contribution is 5.91. The molecule has 18 heavy (non-hydrogen) atoms. The van der Waals surface area contributed by atoms with E-state index in [4.69, 9.17) is 4.52 Å². The first-order valence-corrected chi connectivity index (χ1v) is 5.85. The number of nitrogens with zero attached hydrogens (tertiary/aromatic N) is 2. The minimum atomic E-state index is -0.160. The van der Waals surface area contributed by atoms with Gasteiger partial charge in [-0.15, -0.1) is 0 Å². The zero-order valence-corrected chi connectivity index (χ0v) is 10.8. The number of hydrogen-bond acceptors (Lipinski definition) is 3. The summed E-state index contributed by atoms with van der Waals surface area (Å²) in [6.07, 6.45) is 0. The lowest BCUT2D eigenvalue weighted by Crippen LogP contribution is -2.29. The number of benzene rings is 1. The van der Waals surface area contributed by atoms with Gasteiger partial charge in [0.25, 0.3) is 5.91 Å². The number of amides is 1. The molecule has 1 aromatic carbocycles. The van der Waals surface area contributed by atoms with Crippen molar-refractivity contribution in [2.24, 2.45) is 0 Å². The Morgan fingerprint density at radius 1 is 1.33 bits per heavy atom. The molecule has 2 aromatic rings. The Kier molecular flexibility index (Phi) is 3.46. The summed E-state index contributed by atoms with van der Waals surface area (Å²) in [5.74, 6) is 0.115. The first-order chi connectivity index (χ1) is 8.59. The Bertz CT molecular complexity index is 534. The van der Waals surface area contributed by atoms with Crippen LogP contribution in [-0.4, -0.2) is 23.0 Å². The van der Waals surface area contributed by atoms with Crippen molar-refractivity contribution >= 4 is 5.91 Å². The minimum Gasteiger partial charge on any atom is -0.351 e. The van der Waals surface area contributed by atoms with Gasteiger partial charge in [0.1, 0.15) is 0 Å². The van der Waals surface area contributed by atoms with Crippen LogP contribution in [0.2, 0.25) is 0 Å². The highest BCUT2D eigenvalue weighted by atomic mass is 16.5. The molecule has 0 aliphatic heterocycles. The Morgan fingerprint density at radius 3 is 2.56 bits per heavy atom. The van der Waals surface area contributed by atoms with Crippen molar-refractivity contribution in [3.05, 3.63) is 53.4 Å². The highest BCUT2D eigenvalue weighted by Crippen LogP contribution is 2.20. The molecule has 0 bridgehead atoms. The van der Waals surface area contributed by atoms with Crippen molar-refractivity contribution in [3.63, 3.8) is 0 Å². The maximum absolute atomic E-state index is 12.2. The molecule has 94 valence electrons. The van der Waals surface area contributed by atoms with Crippen molar-refractivity contribution in [2.45, 2.75) is 19.9 Å². The molecule has 0 fully saturated rings. The zero-order chi connectivity index (χ0) is 13.1. The predicted molar refractivity (Wildman–Crippen MR) is 68.2 cm³/mol. The summed E-state index contributed by atoms with van der Waals surface area (Å²) in [5, 5.41) is 3.73. The van der Waals surface area contributed by atoms with Crippen LogP contribution >= 0.6 is 0 Å². The second-order valence-corrected chi connectivity index (χ2v) is 4.34. The van der Waals surface area contributed by atoms with Crippen LogP contribution in [-0.2, 0) is 0 Å². The van der Waals surface area contributed by atoms with Gasteiger partial charge in [-0.25, -0.2) is 0 Å². The number of carbonyl (C=O) groups is 1. The molecule has 0 spiro atoms. The van der Waals surface area contributed by atoms with Crippen molar-refractivity contribution in [1.29, 1.82) is 0 Å². The fraction of sp³-hybridized carbons (Fsp3) is 0.286. The quantitative estimate of drug-likeness (QED) is 0.834. The Morgan fingerprint density at radius 2 is 2.00 bits per heavy atom. The first kappa shape index (κ1) is 12.4. The van der Waals surface area contributed by atoms with Gasteiger partial charge in [-0.05, 0) is 19.4 Å². The molecule has 1 unspecified atom stereocenters. The van der Waals surface area contributed by atoms with Gasteiger partial charge in [0.2, 0.25) is 5.76 Å². The average molecular weight is 244 g/mol. The van der Waals surface area contributed by atoms with Gasteiger partial charge in [0.05, 0.1) is 11.7 Å². The number of carbonyl (C=O) groups excluding carboxylic acids is 1. The molecule has 0 saturated carbocycles. The Hall–Kier alpha value is -2.10. The maximum Gasteiger partial charge on any atom is 0.292 e. The summed E-state index contributed by atoms with van der Waals surface area (Å²) in [6.45, 7) is 3.78. The van der Waals surface area contributed by atoms with Gasteiger partial charge in [0.15, 0.2) is 0 Å². The van der Waals surface area contributed by atoms with Gasteiger partial charge in [0, 0.05) is 13.1 Å². The van der Waals surface area contributed by atoms with Gasteiger partial charge in [-0.3, -0.25) is 4.79 Å². The third kappa shape index (κ3) is 2.42.